The number of piperidine rings is 1. The quantitative estimate of drug-likeness (QED) is 0.739. The minimum Gasteiger partial charge on any atom is -0.436 e. The number of hydrogen-bond acceptors (Lipinski definition) is 5. The average molecular weight is 392 g/mol. The van der Waals surface area contributed by atoms with E-state index in [4.69, 9.17) is 4.74 Å². The third kappa shape index (κ3) is 4.47. The molecule has 1 fully saturated rings. The molecular formula is C19H19F3N4O2. The van der Waals surface area contributed by atoms with Gasteiger partial charge in [0.25, 0.3) is 0 Å². The average Bonchev–Trinajstić information content (AvgIpc) is 2.67. The van der Waals surface area contributed by atoms with Gasteiger partial charge in [0.05, 0.1) is 11.9 Å². The first kappa shape index (κ1) is 19.8. The van der Waals surface area contributed by atoms with Crippen molar-refractivity contribution in [2.75, 3.05) is 13.1 Å². The second kappa shape index (κ2) is 7.95. The first-order valence-corrected chi connectivity index (χ1v) is 8.74. The maximum atomic E-state index is 12.7. The van der Waals surface area contributed by atoms with Crippen LogP contribution >= 0.6 is 0 Å². The number of ether oxygens (including phenoxy) is 1. The van der Waals surface area contributed by atoms with E-state index in [2.05, 4.69) is 21.5 Å². The highest BCUT2D eigenvalue weighted by atomic mass is 19.4. The van der Waals surface area contributed by atoms with Gasteiger partial charge in [-0.1, -0.05) is 6.58 Å². The van der Waals surface area contributed by atoms with Crippen molar-refractivity contribution in [3.05, 3.63) is 54.3 Å². The van der Waals surface area contributed by atoms with Crippen molar-refractivity contribution in [3.8, 4) is 11.6 Å². The van der Waals surface area contributed by atoms with E-state index < -0.39 is 11.9 Å². The molecule has 2 aromatic rings. The topological polar surface area (TPSA) is 68.2 Å². The van der Waals surface area contributed by atoms with Crippen LogP contribution in [0.2, 0.25) is 0 Å². The van der Waals surface area contributed by atoms with Crippen molar-refractivity contribution in [1.82, 2.24) is 19.9 Å². The van der Waals surface area contributed by atoms with Crippen molar-refractivity contribution in [1.29, 1.82) is 0 Å². The van der Waals surface area contributed by atoms with Crippen LogP contribution in [0.15, 0.2) is 37.2 Å². The fraction of sp³-hybridized carbons (Fsp3) is 0.368. The van der Waals surface area contributed by atoms with Gasteiger partial charge in [0.15, 0.2) is 0 Å². The summed E-state index contributed by atoms with van der Waals surface area (Å²) >= 11 is 0. The van der Waals surface area contributed by atoms with Crippen molar-refractivity contribution in [2.45, 2.75) is 31.9 Å². The zero-order chi connectivity index (χ0) is 20.3. The van der Waals surface area contributed by atoms with Crippen molar-refractivity contribution in [2.24, 2.45) is 0 Å². The van der Waals surface area contributed by atoms with Gasteiger partial charge in [-0.2, -0.15) is 13.2 Å². The van der Waals surface area contributed by atoms with Gasteiger partial charge in [-0.3, -0.25) is 9.78 Å². The minimum atomic E-state index is -4.51. The number of aromatic nitrogens is 3. The van der Waals surface area contributed by atoms with Crippen LogP contribution in [0, 0.1) is 6.92 Å². The number of rotatable bonds is 4. The molecule has 0 N–H and O–H groups in total. The second-order valence-electron chi connectivity index (χ2n) is 6.48. The number of amides is 1. The Bertz CT molecular complexity index is 860. The zero-order valence-corrected chi connectivity index (χ0v) is 15.2. The van der Waals surface area contributed by atoms with E-state index in [1.165, 1.54) is 12.1 Å². The molecule has 0 radical (unpaired) electrons. The maximum Gasteiger partial charge on any atom is 0.433 e. The third-order valence-electron chi connectivity index (χ3n) is 4.50. The summed E-state index contributed by atoms with van der Waals surface area (Å²) in [5, 5.41) is 0. The Morgan fingerprint density at radius 2 is 1.96 bits per heavy atom. The van der Waals surface area contributed by atoms with Gasteiger partial charge in [-0.25, -0.2) is 9.97 Å². The zero-order valence-electron chi connectivity index (χ0n) is 15.2. The molecule has 148 valence electrons. The van der Waals surface area contributed by atoms with Gasteiger partial charge >= 0.3 is 6.18 Å². The summed E-state index contributed by atoms with van der Waals surface area (Å²) in [4.78, 5) is 25.6. The van der Waals surface area contributed by atoms with E-state index in [0.717, 1.165) is 12.3 Å². The highest BCUT2D eigenvalue weighted by Gasteiger charge is 2.32. The number of alkyl halides is 3. The van der Waals surface area contributed by atoms with E-state index in [1.54, 1.807) is 18.0 Å². The van der Waals surface area contributed by atoms with E-state index >= 15 is 0 Å². The van der Waals surface area contributed by atoms with Gasteiger partial charge in [0.1, 0.15) is 17.1 Å². The molecule has 3 heterocycles. The molecule has 2 aromatic heterocycles. The van der Waals surface area contributed by atoms with Crippen LogP contribution in [0.4, 0.5) is 13.2 Å². The van der Waals surface area contributed by atoms with Crippen LogP contribution in [-0.2, 0) is 11.0 Å². The van der Waals surface area contributed by atoms with Crippen LogP contribution in [0.3, 0.4) is 0 Å². The Hall–Kier alpha value is -2.97. The van der Waals surface area contributed by atoms with Crippen LogP contribution in [0.25, 0.3) is 0 Å². The monoisotopic (exact) mass is 392 g/mol. The van der Waals surface area contributed by atoms with Crippen molar-refractivity contribution < 1.29 is 22.7 Å². The largest absolute Gasteiger partial charge is 0.436 e. The number of aryl methyl sites for hydroxylation is 1. The van der Waals surface area contributed by atoms with E-state index in [-0.39, 0.29) is 23.5 Å². The fourth-order valence-corrected chi connectivity index (χ4v) is 3.04. The highest BCUT2D eigenvalue weighted by Crippen LogP contribution is 2.34. The Morgan fingerprint density at radius 1 is 1.25 bits per heavy atom. The van der Waals surface area contributed by atoms with Gasteiger partial charge < -0.3 is 9.64 Å². The molecule has 0 atom stereocenters. The van der Waals surface area contributed by atoms with E-state index in [1.807, 2.05) is 0 Å². The third-order valence-corrected chi connectivity index (χ3v) is 4.50. The number of halogens is 3. The summed E-state index contributed by atoms with van der Waals surface area (Å²) < 4.78 is 43.7. The summed E-state index contributed by atoms with van der Waals surface area (Å²) in [6.45, 7) is 6.37. The molecule has 28 heavy (non-hydrogen) atoms. The summed E-state index contributed by atoms with van der Waals surface area (Å²) in [6.07, 6.45) is 0.774. The fourth-order valence-electron chi connectivity index (χ4n) is 3.04. The van der Waals surface area contributed by atoms with Gasteiger partial charge in [-0.05, 0) is 38.0 Å². The number of hydrogen-bond donors (Lipinski definition) is 0. The molecule has 1 saturated heterocycles. The van der Waals surface area contributed by atoms with Gasteiger partial charge in [0.2, 0.25) is 11.8 Å². The first-order valence-electron chi connectivity index (χ1n) is 8.74. The first-order chi connectivity index (χ1) is 13.3. The lowest BCUT2D eigenvalue weighted by Gasteiger charge is -2.31. The molecule has 0 bridgehead atoms. The molecule has 0 spiro atoms. The number of pyridine rings is 1. The second-order valence-corrected chi connectivity index (χ2v) is 6.48. The molecule has 3 rings (SSSR count). The van der Waals surface area contributed by atoms with Crippen LogP contribution in [0.1, 0.15) is 35.8 Å². The summed E-state index contributed by atoms with van der Waals surface area (Å²) in [7, 11) is 0. The number of carbonyl (C=O) groups is 1. The standard InChI is InChI=1S/C19H19F3N4O2/c1-3-16(27)26-8-6-13(7-9-26)17-18(25-12(2)10-24-17)28-14-4-5-15(23-11-14)19(20,21)22/h3-5,10-11,13H,1,6-9H2,2H3. The molecular weight excluding hydrogens is 373 g/mol. The molecule has 1 aliphatic rings. The molecule has 0 aliphatic carbocycles. The lowest BCUT2D eigenvalue weighted by atomic mass is 9.93. The molecule has 1 aliphatic heterocycles. The van der Waals surface area contributed by atoms with Crippen molar-refractivity contribution in [3.63, 3.8) is 0 Å². The maximum absolute atomic E-state index is 12.7. The Morgan fingerprint density at radius 3 is 2.54 bits per heavy atom. The molecule has 1 amide bonds. The number of likely N-dealkylation sites (tertiary alicyclic amines) is 1. The lowest BCUT2D eigenvalue weighted by Crippen LogP contribution is -2.37. The molecule has 0 unspecified atom stereocenters. The molecule has 0 aromatic carbocycles. The lowest BCUT2D eigenvalue weighted by molar-refractivity contribution is -0.141. The van der Waals surface area contributed by atoms with Gasteiger partial charge in [-0.15, -0.1) is 0 Å². The summed E-state index contributed by atoms with van der Waals surface area (Å²) in [5.74, 6) is 0.309. The van der Waals surface area contributed by atoms with Gasteiger partial charge in [0, 0.05) is 25.2 Å². The Labute approximate surface area is 160 Å². The number of nitrogens with zero attached hydrogens (tertiary/aromatic N) is 4. The molecule has 9 heteroatoms. The predicted molar refractivity (Wildman–Crippen MR) is 94.8 cm³/mol. The van der Waals surface area contributed by atoms with Crippen LogP contribution in [-0.4, -0.2) is 38.8 Å². The summed E-state index contributed by atoms with van der Waals surface area (Å²) in [5.41, 5.74) is 0.253. The minimum absolute atomic E-state index is 0.0272. The van der Waals surface area contributed by atoms with Crippen LogP contribution < -0.4 is 4.74 Å². The summed E-state index contributed by atoms with van der Waals surface area (Å²) in [6, 6.07) is 2.06. The van der Waals surface area contributed by atoms with E-state index in [9.17, 15) is 18.0 Å². The Balaban J connectivity index is 1.78. The highest BCUT2D eigenvalue weighted by molar-refractivity contribution is 5.87. The van der Waals surface area contributed by atoms with Crippen molar-refractivity contribution >= 4 is 5.91 Å². The Kier molecular flexibility index (Phi) is 5.62. The molecule has 6 nitrogen and oxygen atoms in total. The normalized spacial score (nSPS) is 15.4. The predicted octanol–water partition coefficient (Wildman–Crippen LogP) is 3.88. The SMILES string of the molecule is C=CC(=O)N1CCC(c2ncc(C)nc2Oc2ccc(C(F)(F)F)nc2)CC1. The number of carbonyl (C=O) groups excluding carboxylic acids is 1. The van der Waals surface area contributed by atoms with E-state index in [0.29, 0.717) is 37.3 Å². The smallest absolute Gasteiger partial charge is 0.433 e. The molecule has 0 saturated carbocycles. The van der Waals surface area contributed by atoms with Crippen LogP contribution in [0.5, 0.6) is 11.6 Å².